The van der Waals surface area contributed by atoms with Gasteiger partial charge < -0.3 is 15.2 Å². The summed E-state index contributed by atoms with van der Waals surface area (Å²) in [5.74, 6) is 0.426. The monoisotopic (exact) mass is 235 g/mol. The van der Waals surface area contributed by atoms with E-state index in [1.807, 2.05) is 0 Å². The summed E-state index contributed by atoms with van der Waals surface area (Å²) in [4.78, 5) is 0. The zero-order valence-electron chi connectivity index (χ0n) is 10.6. The quantitative estimate of drug-likeness (QED) is 0.852. The average molecular weight is 235 g/mol. The van der Waals surface area contributed by atoms with Crippen LogP contribution in [0.15, 0.2) is 18.2 Å². The maximum atomic E-state index is 6.28. The Labute approximate surface area is 103 Å². The van der Waals surface area contributed by atoms with Gasteiger partial charge in [0.15, 0.2) is 0 Å². The molecule has 0 saturated heterocycles. The van der Waals surface area contributed by atoms with Gasteiger partial charge >= 0.3 is 0 Å². The number of rotatable bonds is 5. The first-order valence-electron chi connectivity index (χ1n) is 6.16. The highest BCUT2D eigenvalue weighted by Crippen LogP contribution is 2.27. The summed E-state index contributed by atoms with van der Waals surface area (Å²) in [6.07, 6.45) is 0.991. The first kappa shape index (κ1) is 12.6. The number of ether oxygens (including phenoxy) is 2. The van der Waals surface area contributed by atoms with Gasteiger partial charge in [0.25, 0.3) is 0 Å². The summed E-state index contributed by atoms with van der Waals surface area (Å²) in [6.45, 7) is 4.41. The summed E-state index contributed by atoms with van der Waals surface area (Å²) < 4.78 is 10.5. The maximum Gasteiger partial charge on any atom is 0.0725 e. The molecule has 1 aromatic rings. The summed E-state index contributed by atoms with van der Waals surface area (Å²) in [5.41, 5.74) is 10.1. The Morgan fingerprint density at radius 2 is 2.12 bits per heavy atom. The predicted molar refractivity (Wildman–Crippen MR) is 67.5 cm³/mol. The molecule has 3 heteroatoms. The lowest BCUT2D eigenvalue weighted by Crippen LogP contribution is -2.20. The molecule has 1 aliphatic heterocycles. The van der Waals surface area contributed by atoms with E-state index < -0.39 is 0 Å². The Balaban J connectivity index is 2.06. The van der Waals surface area contributed by atoms with Crippen molar-refractivity contribution < 1.29 is 9.47 Å². The molecule has 0 fully saturated rings. The van der Waals surface area contributed by atoms with Gasteiger partial charge in [-0.3, -0.25) is 0 Å². The highest BCUT2D eigenvalue weighted by Gasteiger charge is 2.18. The van der Waals surface area contributed by atoms with Crippen LogP contribution in [0.3, 0.4) is 0 Å². The molecular formula is C14H21NO2. The highest BCUT2D eigenvalue weighted by atomic mass is 16.5. The second-order valence-electron chi connectivity index (χ2n) is 4.81. The third-order valence-corrected chi connectivity index (χ3v) is 3.52. The summed E-state index contributed by atoms with van der Waals surface area (Å²) in [5, 5.41) is 0. The second kappa shape index (κ2) is 5.63. The van der Waals surface area contributed by atoms with E-state index in [-0.39, 0.29) is 6.04 Å². The van der Waals surface area contributed by atoms with Gasteiger partial charge in [-0.1, -0.05) is 25.1 Å². The number of benzene rings is 1. The molecule has 0 amide bonds. The minimum atomic E-state index is 0.0797. The largest absolute Gasteiger partial charge is 0.385 e. The lowest BCUT2D eigenvalue weighted by Gasteiger charge is -2.20. The van der Waals surface area contributed by atoms with Crippen LogP contribution >= 0.6 is 0 Å². The van der Waals surface area contributed by atoms with Crippen LogP contribution in [0, 0.1) is 5.92 Å². The minimum Gasteiger partial charge on any atom is -0.385 e. The Kier molecular flexibility index (Phi) is 4.15. The molecule has 0 bridgehead atoms. The van der Waals surface area contributed by atoms with Crippen LogP contribution in [0.5, 0.6) is 0 Å². The van der Waals surface area contributed by atoms with Gasteiger partial charge in [0.05, 0.1) is 13.2 Å². The topological polar surface area (TPSA) is 44.5 Å². The van der Waals surface area contributed by atoms with Crippen molar-refractivity contribution in [3.63, 3.8) is 0 Å². The van der Waals surface area contributed by atoms with Gasteiger partial charge in [0.1, 0.15) is 0 Å². The number of methoxy groups -OCH3 is 1. The Morgan fingerprint density at radius 1 is 1.35 bits per heavy atom. The van der Waals surface area contributed by atoms with Crippen LogP contribution in [0.2, 0.25) is 0 Å². The number of hydrogen-bond acceptors (Lipinski definition) is 3. The molecule has 0 aliphatic carbocycles. The molecule has 0 spiro atoms. The molecule has 0 aromatic heterocycles. The fourth-order valence-electron chi connectivity index (χ4n) is 2.21. The Hall–Kier alpha value is -0.900. The number of hydrogen-bond donors (Lipinski definition) is 1. The van der Waals surface area contributed by atoms with Crippen molar-refractivity contribution in [1.29, 1.82) is 0 Å². The van der Waals surface area contributed by atoms with Crippen LogP contribution in [0.1, 0.15) is 36.1 Å². The van der Waals surface area contributed by atoms with Crippen molar-refractivity contribution in [3.05, 3.63) is 34.9 Å². The van der Waals surface area contributed by atoms with Gasteiger partial charge in [0.2, 0.25) is 0 Å². The van der Waals surface area contributed by atoms with Crippen molar-refractivity contribution in [1.82, 2.24) is 0 Å². The first-order valence-corrected chi connectivity index (χ1v) is 6.16. The molecule has 2 atom stereocenters. The molecule has 0 saturated carbocycles. The normalized spacial score (nSPS) is 17.8. The fourth-order valence-corrected chi connectivity index (χ4v) is 2.21. The molecule has 2 N–H and O–H groups in total. The van der Waals surface area contributed by atoms with Gasteiger partial charge in [-0.15, -0.1) is 0 Å². The van der Waals surface area contributed by atoms with Crippen molar-refractivity contribution >= 4 is 0 Å². The fraction of sp³-hybridized carbons (Fsp3) is 0.571. The van der Waals surface area contributed by atoms with E-state index in [2.05, 4.69) is 25.1 Å². The average Bonchev–Trinajstić information content (AvgIpc) is 2.81. The van der Waals surface area contributed by atoms with Crippen LogP contribution < -0.4 is 5.73 Å². The van der Waals surface area contributed by atoms with Crippen molar-refractivity contribution in [2.24, 2.45) is 11.7 Å². The highest BCUT2D eigenvalue weighted by molar-refractivity contribution is 5.34. The Bertz CT molecular complexity index is 378. The summed E-state index contributed by atoms with van der Waals surface area (Å²) in [7, 11) is 1.73. The van der Waals surface area contributed by atoms with E-state index in [1.165, 1.54) is 16.7 Å². The van der Waals surface area contributed by atoms with Gasteiger partial charge in [-0.2, -0.15) is 0 Å². The van der Waals surface area contributed by atoms with E-state index in [1.54, 1.807) is 7.11 Å². The molecule has 2 rings (SSSR count). The molecule has 3 nitrogen and oxygen atoms in total. The Morgan fingerprint density at radius 3 is 2.88 bits per heavy atom. The van der Waals surface area contributed by atoms with Gasteiger partial charge in [-0.25, -0.2) is 0 Å². The molecule has 94 valence electrons. The van der Waals surface area contributed by atoms with Crippen molar-refractivity contribution in [2.45, 2.75) is 32.6 Å². The van der Waals surface area contributed by atoms with Crippen LogP contribution in [-0.4, -0.2) is 13.7 Å². The van der Waals surface area contributed by atoms with E-state index in [0.29, 0.717) is 5.92 Å². The van der Waals surface area contributed by atoms with E-state index in [9.17, 15) is 0 Å². The lowest BCUT2D eigenvalue weighted by molar-refractivity contribution is 0.134. The molecular weight excluding hydrogens is 214 g/mol. The summed E-state index contributed by atoms with van der Waals surface area (Å²) >= 11 is 0. The van der Waals surface area contributed by atoms with Crippen molar-refractivity contribution in [3.8, 4) is 0 Å². The summed E-state index contributed by atoms with van der Waals surface area (Å²) in [6, 6.07) is 6.54. The van der Waals surface area contributed by atoms with Crippen LogP contribution in [0.4, 0.5) is 0 Å². The lowest BCUT2D eigenvalue weighted by atomic mass is 9.91. The second-order valence-corrected chi connectivity index (χ2v) is 4.81. The SMILES string of the molecule is COCCC(C)C(N)c1ccc2c(c1)COC2. The van der Waals surface area contributed by atoms with Gasteiger partial charge in [-0.05, 0) is 29.0 Å². The molecule has 17 heavy (non-hydrogen) atoms. The predicted octanol–water partition coefficient (Wildman–Crippen LogP) is 2.39. The molecule has 0 radical (unpaired) electrons. The maximum absolute atomic E-state index is 6.28. The van der Waals surface area contributed by atoms with Crippen LogP contribution in [0.25, 0.3) is 0 Å². The third kappa shape index (κ3) is 2.86. The van der Waals surface area contributed by atoms with E-state index in [0.717, 1.165) is 26.2 Å². The minimum absolute atomic E-state index is 0.0797. The molecule has 1 aromatic carbocycles. The number of fused-ring (bicyclic) bond motifs is 1. The van der Waals surface area contributed by atoms with Crippen molar-refractivity contribution in [2.75, 3.05) is 13.7 Å². The zero-order chi connectivity index (χ0) is 12.3. The van der Waals surface area contributed by atoms with E-state index in [4.69, 9.17) is 15.2 Å². The molecule has 1 aliphatic rings. The van der Waals surface area contributed by atoms with Gasteiger partial charge in [0, 0.05) is 19.8 Å². The standard InChI is InChI=1S/C14H21NO2/c1-10(5-6-16-2)14(15)11-3-4-12-8-17-9-13(12)7-11/h3-4,7,10,14H,5-6,8-9,15H2,1-2H3. The third-order valence-electron chi connectivity index (χ3n) is 3.52. The number of nitrogens with two attached hydrogens (primary N) is 1. The van der Waals surface area contributed by atoms with E-state index >= 15 is 0 Å². The molecule has 2 unspecified atom stereocenters. The smallest absolute Gasteiger partial charge is 0.0725 e. The first-order chi connectivity index (χ1) is 8.22. The zero-order valence-corrected chi connectivity index (χ0v) is 10.6. The molecule has 1 heterocycles. The van der Waals surface area contributed by atoms with Crippen LogP contribution in [-0.2, 0) is 22.7 Å².